The zero-order valence-electron chi connectivity index (χ0n) is 15.6. The number of aromatic nitrogens is 1. The van der Waals surface area contributed by atoms with Crippen LogP contribution in [0.1, 0.15) is 0 Å². The summed E-state index contributed by atoms with van der Waals surface area (Å²) in [5.74, 6) is 0.129. The second kappa shape index (κ2) is 7.72. The van der Waals surface area contributed by atoms with Crippen molar-refractivity contribution in [2.24, 2.45) is 0 Å². The molecule has 0 atom stereocenters. The number of hydrogen-bond acceptors (Lipinski definition) is 4. The fourth-order valence-corrected chi connectivity index (χ4v) is 3.40. The number of hydrogen-bond donors (Lipinski definition) is 1. The lowest BCUT2D eigenvalue weighted by molar-refractivity contribution is 0.208. The third-order valence-corrected chi connectivity index (χ3v) is 4.88. The van der Waals surface area contributed by atoms with Crippen molar-refractivity contribution in [3.63, 3.8) is 0 Å². The number of piperazine rings is 1. The van der Waals surface area contributed by atoms with E-state index in [1.807, 2.05) is 41.3 Å². The summed E-state index contributed by atoms with van der Waals surface area (Å²) in [6, 6.07) is 16.0. The number of nitrogens with zero attached hydrogens (tertiary/aromatic N) is 3. The summed E-state index contributed by atoms with van der Waals surface area (Å²) in [5, 5.41) is 3.82. The van der Waals surface area contributed by atoms with Gasteiger partial charge < -0.3 is 19.9 Å². The van der Waals surface area contributed by atoms with Crippen molar-refractivity contribution in [1.29, 1.82) is 0 Å². The van der Waals surface area contributed by atoms with Gasteiger partial charge in [-0.1, -0.05) is 30.3 Å². The van der Waals surface area contributed by atoms with E-state index >= 15 is 0 Å². The summed E-state index contributed by atoms with van der Waals surface area (Å²) >= 11 is 0. The van der Waals surface area contributed by atoms with Gasteiger partial charge in [0.05, 0.1) is 18.3 Å². The van der Waals surface area contributed by atoms with Gasteiger partial charge in [-0.2, -0.15) is 0 Å². The number of pyridine rings is 1. The lowest BCUT2D eigenvalue weighted by atomic mass is 10.2. The molecule has 144 valence electrons. The van der Waals surface area contributed by atoms with Gasteiger partial charge in [0.1, 0.15) is 11.5 Å². The molecule has 28 heavy (non-hydrogen) atoms. The van der Waals surface area contributed by atoms with E-state index in [1.54, 1.807) is 17.0 Å². The van der Waals surface area contributed by atoms with Crippen LogP contribution < -0.4 is 15.0 Å². The molecule has 2 aromatic carbocycles. The van der Waals surface area contributed by atoms with Crippen LogP contribution in [-0.4, -0.2) is 49.2 Å². The third kappa shape index (κ3) is 3.55. The van der Waals surface area contributed by atoms with Crippen molar-refractivity contribution < 1.29 is 13.9 Å². The highest BCUT2D eigenvalue weighted by molar-refractivity contribution is 5.94. The van der Waals surface area contributed by atoms with Crippen molar-refractivity contribution in [2.45, 2.75) is 0 Å². The van der Waals surface area contributed by atoms with Gasteiger partial charge in [0.15, 0.2) is 0 Å². The maximum Gasteiger partial charge on any atom is 0.322 e. The molecule has 0 saturated carbocycles. The van der Waals surface area contributed by atoms with Crippen LogP contribution >= 0.6 is 0 Å². The van der Waals surface area contributed by atoms with E-state index in [2.05, 4.69) is 10.3 Å². The Morgan fingerprint density at radius 2 is 1.79 bits per heavy atom. The minimum Gasteiger partial charge on any atom is -0.479 e. The first-order valence-electron chi connectivity index (χ1n) is 9.15. The highest BCUT2D eigenvalue weighted by Gasteiger charge is 2.23. The van der Waals surface area contributed by atoms with Gasteiger partial charge >= 0.3 is 6.03 Å². The standard InChI is InChI=1S/C21H21FN4O2/c1-28-20-18(14-15-6-2-4-8-17(15)23-20)24-21(27)26-12-10-25(11-13-26)19-9-5-3-7-16(19)22/h2-9,14H,10-13H2,1H3,(H,24,27). The summed E-state index contributed by atoms with van der Waals surface area (Å²) in [4.78, 5) is 20.8. The number of para-hydroxylation sites is 2. The molecule has 0 radical (unpaired) electrons. The number of benzene rings is 2. The third-order valence-electron chi connectivity index (χ3n) is 4.88. The smallest absolute Gasteiger partial charge is 0.322 e. The molecular formula is C21H21FN4O2. The van der Waals surface area contributed by atoms with Crippen LogP contribution in [0, 0.1) is 5.82 Å². The highest BCUT2D eigenvalue weighted by Crippen LogP contribution is 2.27. The largest absolute Gasteiger partial charge is 0.479 e. The predicted molar refractivity (Wildman–Crippen MR) is 107 cm³/mol. The monoisotopic (exact) mass is 380 g/mol. The first kappa shape index (κ1) is 18.0. The van der Waals surface area contributed by atoms with E-state index < -0.39 is 0 Å². The molecule has 4 rings (SSSR count). The number of carbonyl (C=O) groups is 1. The Hall–Kier alpha value is -3.35. The van der Waals surface area contributed by atoms with E-state index in [9.17, 15) is 9.18 Å². The Bertz CT molecular complexity index is 1000. The molecule has 0 bridgehead atoms. The van der Waals surface area contributed by atoms with Gasteiger partial charge in [-0.3, -0.25) is 0 Å². The number of nitrogens with one attached hydrogen (secondary N) is 1. The Morgan fingerprint density at radius 3 is 2.54 bits per heavy atom. The number of ether oxygens (including phenoxy) is 1. The quantitative estimate of drug-likeness (QED) is 0.752. The van der Waals surface area contributed by atoms with Crippen LogP contribution in [-0.2, 0) is 0 Å². The number of halogens is 1. The van der Waals surface area contributed by atoms with E-state index in [1.165, 1.54) is 13.2 Å². The van der Waals surface area contributed by atoms with Crippen molar-refractivity contribution in [3.8, 4) is 5.88 Å². The number of methoxy groups -OCH3 is 1. The fourth-order valence-electron chi connectivity index (χ4n) is 3.40. The van der Waals surface area contributed by atoms with Crippen LogP contribution in [0.5, 0.6) is 5.88 Å². The van der Waals surface area contributed by atoms with Crippen molar-refractivity contribution in [1.82, 2.24) is 9.88 Å². The van der Waals surface area contributed by atoms with Gasteiger partial charge in [0.2, 0.25) is 5.88 Å². The zero-order valence-corrected chi connectivity index (χ0v) is 15.6. The number of amides is 2. The number of rotatable bonds is 3. The maximum atomic E-state index is 14.0. The normalized spacial score (nSPS) is 14.2. The number of urea groups is 1. The molecule has 7 heteroatoms. The van der Waals surface area contributed by atoms with Crippen molar-refractivity contribution >= 4 is 28.3 Å². The summed E-state index contributed by atoms with van der Waals surface area (Å²) in [5.41, 5.74) is 1.90. The summed E-state index contributed by atoms with van der Waals surface area (Å²) in [6.45, 7) is 2.15. The molecule has 1 aromatic heterocycles. The number of fused-ring (bicyclic) bond motifs is 1. The Kier molecular flexibility index (Phi) is 4.97. The zero-order chi connectivity index (χ0) is 19.5. The van der Waals surface area contributed by atoms with E-state index in [0.29, 0.717) is 43.4 Å². The molecule has 6 nitrogen and oxygen atoms in total. The molecular weight excluding hydrogens is 359 g/mol. The Morgan fingerprint density at radius 1 is 1.07 bits per heavy atom. The van der Waals surface area contributed by atoms with Crippen molar-refractivity contribution in [2.75, 3.05) is 43.5 Å². The molecule has 0 aliphatic carbocycles. The second-order valence-electron chi connectivity index (χ2n) is 6.59. The molecule has 1 aliphatic rings. The molecule has 2 heterocycles. The molecule has 1 saturated heterocycles. The van der Waals surface area contributed by atoms with E-state index in [-0.39, 0.29) is 11.8 Å². The average Bonchev–Trinajstić information content (AvgIpc) is 2.73. The lowest BCUT2D eigenvalue weighted by Gasteiger charge is -2.36. The number of anilines is 2. The summed E-state index contributed by atoms with van der Waals surface area (Å²) < 4.78 is 19.3. The van der Waals surface area contributed by atoms with E-state index in [4.69, 9.17) is 4.74 Å². The maximum absolute atomic E-state index is 14.0. The van der Waals surface area contributed by atoms with E-state index in [0.717, 1.165) is 10.9 Å². The first-order chi connectivity index (χ1) is 13.7. The van der Waals surface area contributed by atoms with Gasteiger partial charge in [0.25, 0.3) is 0 Å². The topological polar surface area (TPSA) is 57.7 Å². The molecule has 0 unspecified atom stereocenters. The minimum absolute atomic E-state index is 0.219. The predicted octanol–water partition coefficient (Wildman–Crippen LogP) is 3.74. The molecule has 3 aromatic rings. The van der Waals surface area contributed by atoms with Crippen LogP contribution in [0.15, 0.2) is 54.6 Å². The minimum atomic E-state index is -0.243. The molecule has 2 amide bonds. The van der Waals surface area contributed by atoms with Crippen LogP contribution in [0.25, 0.3) is 10.9 Å². The molecule has 0 spiro atoms. The second-order valence-corrected chi connectivity index (χ2v) is 6.59. The summed E-state index contributed by atoms with van der Waals surface area (Å²) in [7, 11) is 1.53. The molecule has 1 fully saturated rings. The number of carbonyl (C=O) groups excluding carboxylic acids is 1. The van der Waals surface area contributed by atoms with Crippen LogP contribution in [0.4, 0.5) is 20.6 Å². The lowest BCUT2D eigenvalue weighted by Crippen LogP contribution is -2.50. The molecule has 1 N–H and O–H groups in total. The molecule has 1 aliphatic heterocycles. The SMILES string of the molecule is COc1nc2ccccc2cc1NC(=O)N1CCN(c2ccccc2F)CC1. The highest BCUT2D eigenvalue weighted by atomic mass is 19.1. The summed E-state index contributed by atoms with van der Waals surface area (Å²) in [6.07, 6.45) is 0. The van der Waals surface area contributed by atoms with Gasteiger partial charge in [-0.05, 0) is 24.3 Å². The van der Waals surface area contributed by atoms with Crippen LogP contribution in [0.3, 0.4) is 0 Å². The average molecular weight is 380 g/mol. The Balaban J connectivity index is 1.45. The van der Waals surface area contributed by atoms with Gasteiger partial charge in [-0.15, -0.1) is 0 Å². The van der Waals surface area contributed by atoms with Gasteiger partial charge in [0, 0.05) is 31.6 Å². The first-order valence-corrected chi connectivity index (χ1v) is 9.15. The fraction of sp³-hybridized carbons (Fsp3) is 0.238. The van der Waals surface area contributed by atoms with Crippen LogP contribution in [0.2, 0.25) is 0 Å². The van der Waals surface area contributed by atoms with Crippen molar-refractivity contribution in [3.05, 3.63) is 60.4 Å². The Labute approximate surface area is 162 Å². The van der Waals surface area contributed by atoms with Gasteiger partial charge in [-0.25, -0.2) is 14.2 Å².